The van der Waals surface area contributed by atoms with Crippen LogP contribution >= 0.6 is 23.1 Å². The smallest absolute Gasteiger partial charge is 0.263 e. The summed E-state index contributed by atoms with van der Waals surface area (Å²) >= 11 is 2.73. The van der Waals surface area contributed by atoms with Gasteiger partial charge in [-0.15, -0.1) is 23.1 Å². The van der Waals surface area contributed by atoms with Gasteiger partial charge in [-0.3, -0.25) is 4.79 Å². The molecule has 1 aromatic heterocycles. The summed E-state index contributed by atoms with van der Waals surface area (Å²) in [6, 6.07) is 0. The Morgan fingerprint density at radius 3 is 2.78 bits per heavy atom. The Bertz CT molecular complexity index is 409. The predicted molar refractivity (Wildman–Crippen MR) is 77.6 cm³/mol. The van der Waals surface area contributed by atoms with Crippen LogP contribution in [0.4, 0.5) is 15.1 Å². The summed E-state index contributed by atoms with van der Waals surface area (Å²) in [6.45, 7) is 2.38. The Morgan fingerprint density at radius 1 is 1.50 bits per heavy atom. The van der Waals surface area contributed by atoms with Crippen LogP contribution < -0.4 is 16.4 Å². The molecule has 7 heteroatoms. The van der Waals surface area contributed by atoms with Gasteiger partial charge in [0.05, 0.1) is 10.6 Å². The molecule has 18 heavy (non-hydrogen) atoms. The molecule has 1 amide bonds. The number of thiophene rings is 1. The number of nitrogens with one attached hydrogen (secondary N) is 2. The van der Waals surface area contributed by atoms with Crippen molar-refractivity contribution in [1.82, 2.24) is 5.32 Å². The third-order valence-electron chi connectivity index (χ3n) is 2.23. The third kappa shape index (κ3) is 3.52. The van der Waals surface area contributed by atoms with Gasteiger partial charge in [0.2, 0.25) is 0 Å². The molecule has 4 nitrogen and oxygen atoms in total. The summed E-state index contributed by atoms with van der Waals surface area (Å²) < 4.78 is 12.2. The molecule has 0 bridgehead atoms. The van der Waals surface area contributed by atoms with Gasteiger partial charge in [0.25, 0.3) is 5.91 Å². The highest BCUT2D eigenvalue weighted by Crippen LogP contribution is 2.41. The Labute approximate surface area is 115 Å². The summed E-state index contributed by atoms with van der Waals surface area (Å²) in [5.41, 5.74) is 6.43. The fourth-order valence-electron chi connectivity index (χ4n) is 1.40. The lowest BCUT2D eigenvalue weighted by atomic mass is 10.3. The van der Waals surface area contributed by atoms with E-state index in [2.05, 4.69) is 10.6 Å². The molecule has 1 aromatic rings. The lowest BCUT2D eigenvalue weighted by molar-refractivity contribution is 0.0958. The van der Waals surface area contributed by atoms with E-state index in [0.29, 0.717) is 17.1 Å². The second kappa shape index (κ2) is 7.48. The molecule has 0 aliphatic rings. The van der Waals surface area contributed by atoms with Crippen molar-refractivity contribution < 1.29 is 9.18 Å². The summed E-state index contributed by atoms with van der Waals surface area (Å²) in [4.78, 5) is 13.2. The zero-order valence-corrected chi connectivity index (χ0v) is 12.1. The van der Waals surface area contributed by atoms with Gasteiger partial charge in [-0.05, 0) is 12.7 Å². The summed E-state index contributed by atoms with van der Waals surface area (Å²) in [5, 5.41) is 6.50. The van der Waals surface area contributed by atoms with E-state index in [9.17, 15) is 9.18 Å². The molecular formula is C11H18FN3OS2. The van der Waals surface area contributed by atoms with Gasteiger partial charge >= 0.3 is 0 Å². The van der Waals surface area contributed by atoms with E-state index in [0.717, 1.165) is 16.3 Å². The van der Waals surface area contributed by atoms with Gasteiger partial charge < -0.3 is 16.4 Å². The molecule has 1 heterocycles. The van der Waals surface area contributed by atoms with Crippen LogP contribution in [0.2, 0.25) is 0 Å². The number of nitrogen functional groups attached to an aromatic ring is 1. The van der Waals surface area contributed by atoms with Crippen LogP contribution in [0.3, 0.4) is 0 Å². The number of carbonyl (C=O) groups excluding carboxylic acids is 1. The molecular weight excluding hydrogens is 273 g/mol. The minimum atomic E-state index is -0.455. The molecule has 4 N–H and O–H groups in total. The van der Waals surface area contributed by atoms with Crippen molar-refractivity contribution >= 4 is 39.7 Å². The number of anilines is 2. The minimum Gasteiger partial charge on any atom is -0.396 e. The number of amides is 1. The average Bonchev–Trinajstić information content (AvgIpc) is 2.69. The molecule has 0 unspecified atom stereocenters. The van der Waals surface area contributed by atoms with E-state index in [1.807, 2.05) is 13.2 Å². The zero-order valence-electron chi connectivity index (χ0n) is 10.5. The van der Waals surface area contributed by atoms with Gasteiger partial charge in [0, 0.05) is 13.1 Å². The maximum absolute atomic E-state index is 12.2. The Hall–Kier alpha value is -0.950. The number of alkyl halides is 1. The number of thioether (sulfide) groups is 1. The molecule has 0 saturated carbocycles. The van der Waals surface area contributed by atoms with E-state index in [1.165, 1.54) is 23.1 Å². The van der Waals surface area contributed by atoms with Crippen molar-refractivity contribution in [3.05, 3.63) is 4.88 Å². The molecule has 0 aliphatic heterocycles. The predicted octanol–water partition coefficient (Wildman–Crippen LogP) is 2.57. The van der Waals surface area contributed by atoms with Crippen molar-refractivity contribution in [2.45, 2.75) is 18.2 Å². The summed E-state index contributed by atoms with van der Waals surface area (Å²) in [6.07, 6.45) is 2.76. The van der Waals surface area contributed by atoms with Crippen molar-refractivity contribution in [1.29, 1.82) is 0 Å². The van der Waals surface area contributed by atoms with E-state index < -0.39 is 6.67 Å². The van der Waals surface area contributed by atoms with Gasteiger partial charge in [-0.2, -0.15) is 0 Å². The van der Waals surface area contributed by atoms with Crippen molar-refractivity contribution in [3.63, 3.8) is 0 Å². The molecule has 0 atom stereocenters. The van der Waals surface area contributed by atoms with E-state index in [4.69, 9.17) is 5.73 Å². The molecule has 102 valence electrons. The van der Waals surface area contributed by atoms with E-state index in [-0.39, 0.29) is 12.5 Å². The number of hydrogen-bond acceptors (Lipinski definition) is 5. The van der Waals surface area contributed by atoms with Crippen molar-refractivity contribution in [2.24, 2.45) is 0 Å². The first-order chi connectivity index (χ1) is 8.65. The topological polar surface area (TPSA) is 67.2 Å². The van der Waals surface area contributed by atoms with Gasteiger partial charge in [-0.25, -0.2) is 4.39 Å². The van der Waals surface area contributed by atoms with E-state index >= 15 is 0 Å². The zero-order chi connectivity index (χ0) is 13.5. The second-order valence-electron chi connectivity index (χ2n) is 3.58. The third-order valence-corrected chi connectivity index (χ3v) is 4.35. The lowest BCUT2D eigenvalue weighted by Crippen LogP contribution is -2.23. The van der Waals surface area contributed by atoms with Crippen LogP contribution in [0.1, 0.15) is 23.0 Å². The standard InChI is InChI=1S/C11H18FN3OS2/c1-3-5-14-10(16)8-7(13)9(17-2)11(18-8)15-6-4-12/h15H,3-6,13H2,1-2H3,(H,14,16). The molecule has 0 fully saturated rings. The molecule has 0 aromatic carbocycles. The molecule has 0 radical (unpaired) electrons. The first-order valence-corrected chi connectivity index (χ1v) is 7.74. The van der Waals surface area contributed by atoms with Crippen LogP contribution in [0.25, 0.3) is 0 Å². The Balaban J connectivity index is 2.91. The fraction of sp³-hybridized carbons (Fsp3) is 0.545. The summed E-state index contributed by atoms with van der Waals surface area (Å²) in [5.74, 6) is -0.164. The number of nitrogens with two attached hydrogens (primary N) is 1. The largest absolute Gasteiger partial charge is 0.396 e. The number of hydrogen-bond donors (Lipinski definition) is 3. The Kier molecular flexibility index (Phi) is 6.28. The fourth-order valence-corrected chi connectivity index (χ4v) is 3.37. The molecule has 0 aliphatic carbocycles. The van der Waals surface area contributed by atoms with Gasteiger partial charge in [0.1, 0.15) is 16.6 Å². The molecule has 1 rings (SSSR count). The second-order valence-corrected chi connectivity index (χ2v) is 5.42. The highest BCUT2D eigenvalue weighted by Gasteiger charge is 2.20. The molecule has 0 spiro atoms. The van der Waals surface area contributed by atoms with Crippen LogP contribution in [0.15, 0.2) is 4.90 Å². The van der Waals surface area contributed by atoms with Crippen LogP contribution in [0.5, 0.6) is 0 Å². The number of halogens is 1. The van der Waals surface area contributed by atoms with E-state index in [1.54, 1.807) is 0 Å². The first kappa shape index (κ1) is 15.1. The quantitative estimate of drug-likeness (QED) is 0.675. The van der Waals surface area contributed by atoms with Crippen LogP contribution in [0, 0.1) is 0 Å². The normalized spacial score (nSPS) is 10.4. The average molecular weight is 291 g/mol. The first-order valence-electron chi connectivity index (χ1n) is 5.69. The SMILES string of the molecule is CCCNC(=O)c1sc(NCCF)c(SC)c1N. The van der Waals surface area contributed by atoms with Crippen LogP contribution in [-0.4, -0.2) is 31.9 Å². The van der Waals surface area contributed by atoms with Crippen molar-refractivity contribution in [2.75, 3.05) is 37.1 Å². The van der Waals surface area contributed by atoms with Gasteiger partial charge in [-0.1, -0.05) is 6.92 Å². The van der Waals surface area contributed by atoms with Crippen molar-refractivity contribution in [3.8, 4) is 0 Å². The maximum Gasteiger partial charge on any atom is 0.263 e. The number of rotatable bonds is 7. The minimum absolute atomic E-state index is 0.164. The monoisotopic (exact) mass is 291 g/mol. The highest BCUT2D eigenvalue weighted by atomic mass is 32.2. The Morgan fingerprint density at radius 2 is 2.22 bits per heavy atom. The number of carbonyl (C=O) groups is 1. The van der Waals surface area contributed by atoms with Crippen LogP contribution in [-0.2, 0) is 0 Å². The highest BCUT2D eigenvalue weighted by molar-refractivity contribution is 7.99. The van der Waals surface area contributed by atoms with Gasteiger partial charge in [0.15, 0.2) is 0 Å². The summed E-state index contributed by atoms with van der Waals surface area (Å²) in [7, 11) is 0. The molecule has 0 saturated heterocycles. The maximum atomic E-state index is 12.2. The lowest BCUT2D eigenvalue weighted by Gasteiger charge is -2.03.